The molecular weight excluding hydrogens is 320 g/mol. The number of amides is 1. The first-order chi connectivity index (χ1) is 11.6. The fourth-order valence-corrected chi connectivity index (χ4v) is 2.30. The predicted molar refractivity (Wildman–Crippen MR) is 102 cm³/mol. The highest BCUT2D eigenvalue weighted by atomic mass is 32.1. The first-order valence-corrected chi connectivity index (χ1v) is 8.41. The molecule has 1 amide bonds. The molecule has 0 aliphatic carbocycles. The third-order valence-electron chi connectivity index (χ3n) is 3.39. The maximum atomic E-state index is 12.1. The van der Waals surface area contributed by atoms with E-state index in [0.717, 1.165) is 29.8 Å². The molecule has 5 heteroatoms. The molecule has 0 heterocycles. The van der Waals surface area contributed by atoms with Crippen molar-refractivity contribution in [3.8, 4) is 5.75 Å². The Morgan fingerprint density at radius 3 is 2.58 bits per heavy atom. The minimum Gasteiger partial charge on any atom is -0.494 e. The number of rotatable bonds is 6. The van der Waals surface area contributed by atoms with Crippen LogP contribution in [0, 0.1) is 6.92 Å². The maximum absolute atomic E-state index is 12.1. The number of nitrogens with one attached hydrogen (secondary N) is 2. The number of thiocarbonyl (C=S) groups is 1. The summed E-state index contributed by atoms with van der Waals surface area (Å²) in [6, 6.07) is 14.9. The Labute approximate surface area is 148 Å². The van der Waals surface area contributed by atoms with Crippen LogP contribution in [0.1, 0.15) is 35.7 Å². The third-order valence-corrected chi connectivity index (χ3v) is 3.59. The molecule has 126 valence electrons. The zero-order valence-corrected chi connectivity index (χ0v) is 14.8. The van der Waals surface area contributed by atoms with E-state index in [9.17, 15) is 4.79 Å². The summed E-state index contributed by atoms with van der Waals surface area (Å²) in [7, 11) is 0. The van der Waals surface area contributed by atoms with Crippen LogP contribution >= 0.6 is 12.2 Å². The van der Waals surface area contributed by atoms with Gasteiger partial charge in [-0.1, -0.05) is 31.0 Å². The second-order valence-electron chi connectivity index (χ2n) is 5.50. The highest BCUT2D eigenvalue weighted by Crippen LogP contribution is 2.16. The van der Waals surface area contributed by atoms with Crippen LogP contribution in [-0.2, 0) is 0 Å². The lowest BCUT2D eigenvalue weighted by Crippen LogP contribution is -2.34. The number of ether oxygens (including phenoxy) is 1. The van der Waals surface area contributed by atoms with Crippen molar-refractivity contribution in [1.82, 2.24) is 5.32 Å². The van der Waals surface area contributed by atoms with Crippen LogP contribution in [0.4, 0.5) is 5.69 Å². The Morgan fingerprint density at radius 2 is 1.92 bits per heavy atom. The molecule has 0 radical (unpaired) electrons. The van der Waals surface area contributed by atoms with E-state index < -0.39 is 0 Å². The minimum absolute atomic E-state index is 0.226. The molecule has 4 nitrogen and oxygen atoms in total. The maximum Gasteiger partial charge on any atom is 0.257 e. The normalized spacial score (nSPS) is 10.1. The van der Waals surface area contributed by atoms with Crippen LogP contribution in [0.3, 0.4) is 0 Å². The monoisotopic (exact) mass is 342 g/mol. The van der Waals surface area contributed by atoms with Gasteiger partial charge >= 0.3 is 0 Å². The van der Waals surface area contributed by atoms with E-state index in [2.05, 4.69) is 17.6 Å². The molecule has 0 aromatic heterocycles. The zero-order chi connectivity index (χ0) is 17.4. The Morgan fingerprint density at radius 1 is 1.17 bits per heavy atom. The van der Waals surface area contributed by atoms with Crippen LogP contribution < -0.4 is 15.4 Å². The van der Waals surface area contributed by atoms with Crippen molar-refractivity contribution in [3.63, 3.8) is 0 Å². The number of carbonyl (C=O) groups excluding carboxylic acids is 1. The van der Waals surface area contributed by atoms with E-state index in [0.29, 0.717) is 12.2 Å². The number of benzene rings is 2. The van der Waals surface area contributed by atoms with E-state index in [1.807, 2.05) is 49.4 Å². The number of carbonyl (C=O) groups is 1. The minimum atomic E-state index is -0.226. The molecule has 0 aliphatic rings. The van der Waals surface area contributed by atoms with Gasteiger partial charge in [-0.25, -0.2) is 0 Å². The molecular formula is C19H22N2O2S. The molecule has 0 aliphatic heterocycles. The van der Waals surface area contributed by atoms with Gasteiger partial charge in [0.05, 0.1) is 6.61 Å². The summed E-state index contributed by atoms with van der Waals surface area (Å²) in [4.78, 5) is 12.1. The number of aryl methyl sites for hydroxylation is 1. The zero-order valence-electron chi connectivity index (χ0n) is 14.0. The van der Waals surface area contributed by atoms with Gasteiger partial charge < -0.3 is 10.1 Å². The van der Waals surface area contributed by atoms with Gasteiger partial charge in [0.25, 0.3) is 5.91 Å². The average Bonchev–Trinajstić information content (AvgIpc) is 2.56. The SMILES string of the molecule is CCCCOc1ccc(NC(=S)NC(=O)c2cccc(C)c2)cc1. The second-order valence-corrected chi connectivity index (χ2v) is 5.91. The average molecular weight is 342 g/mol. The largest absolute Gasteiger partial charge is 0.494 e. The lowest BCUT2D eigenvalue weighted by atomic mass is 10.1. The highest BCUT2D eigenvalue weighted by molar-refractivity contribution is 7.80. The molecule has 24 heavy (non-hydrogen) atoms. The van der Waals surface area contributed by atoms with Crippen LogP contribution in [0.15, 0.2) is 48.5 Å². The van der Waals surface area contributed by atoms with Gasteiger partial charge in [-0.15, -0.1) is 0 Å². The first kappa shape index (κ1) is 17.9. The predicted octanol–water partition coefficient (Wildman–Crippen LogP) is 4.30. The number of anilines is 1. The smallest absolute Gasteiger partial charge is 0.257 e. The molecule has 0 bridgehead atoms. The van der Waals surface area contributed by atoms with Crippen molar-refractivity contribution in [2.75, 3.05) is 11.9 Å². The van der Waals surface area contributed by atoms with Crippen LogP contribution in [0.5, 0.6) is 5.75 Å². The summed E-state index contributed by atoms with van der Waals surface area (Å²) in [6.07, 6.45) is 2.14. The van der Waals surface area contributed by atoms with Gasteiger partial charge in [0.2, 0.25) is 0 Å². The van der Waals surface area contributed by atoms with Crippen molar-refractivity contribution < 1.29 is 9.53 Å². The standard InChI is InChI=1S/C19H22N2O2S/c1-3-4-12-23-17-10-8-16(9-11-17)20-19(24)21-18(22)15-7-5-6-14(2)13-15/h5-11,13H,3-4,12H2,1-2H3,(H2,20,21,22,24). The molecule has 2 aromatic rings. The molecule has 2 N–H and O–H groups in total. The summed E-state index contributed by atoms with van der Waals surface area (Å²) < 4.78 is 5.61. The van der Waals surface area contributed by atoms with E-state index in [-0.39, 0.29) is 11.0 Å². The van der Waals surface area contributed by atoms with Gasteiger partial charge in [0.15, 0.2) is 5.11 Å². The van der Waals surface area contributed by atoms with E-state index >= 15 is 0 Å². The fraction of sp³-hybridized carbons (Fsp3) is 0.263. The van der Waals surface area contributed by atoms with Gasteiger partial charge in [-0.3, -0.25) is 10.1 Å². The van der Waals surface area contributed by atoms with Gasteiger partial charge in [-0.2, -0.15) is 0 Å². The summed E-state index contributed by atoms with van der Waals surface area (Å²) in [5.74, 6) is 0.597. The molecule has 0 atom stereocenters. The molecule has 2 aromatic carbocycles. The first-order valence-electron chi connectivity index (χ1n) is 8.00. The van der Waals surface area contributed by atoms with Gasteiger partial charge in [-0.05, 0) is 62.0 Å². The van der Waals surface area contributed by atoms with Crippen LogP contribution in [-0.4, -0.2) is 17.6 Å². The van der Waals surface area contributed by atoms with Gasteiger partial charge in [0.1, 0.15) is 5.75 Å². The van der Waals surface area contributed by atoms with E-state index in [1.54, 1.807) is 6.07 Å². The summed E-state index contributed by atoms with van der Waals surface area (Å²) in [5.41, 5.74) is 2.41. The summed E-state index contributed by atoms with van der Waals surface area (Å²) in [6.45, 7) is 4.79. The van der Waals surface area contributed by atoms with Crippen molar-refractivity contribution >= 4 is 28.9 Å². The van der Waals surface area contributed by atoms with E-state index in [4.69, 9.17) is 17.0 Å². The highest BCUT2D eigenvalue weighted by Gasteiger charge is 2.08. The molecule has 2 rings (SSSR count). The number of hydrogen-bond donors (Lipinski definition) is 2. The van der Waals surface area contributed by atoms with Gasteiger partial charge in [0, 0.05) is 11.3 Å². The lowest BCUT2D eigenvalue weighted by molar-refractivity contribution is 0.0977. The van der Waals surface area contributed by atoms with Crippen molar-refractivity contribution in [2.24, 2.45) is 0 Å². The van der Waals surface area contributed by atoms with Crippen LogP contribution in [0.2, 0.25) is 0 Å². The second kappa shape index (κ2) is 9.03. The fourth-order valence-electron chi connectivity index (χ4n) is 2.09. The third kappa shape index (κ3) is 5.66. The quantitative estimate of drug-likeness (QED) is 0.607. The van der Waals surface area contributed by atoms with Crippen molar-refractivity contribution in [3.05, 3.63) is 59.7 Å². The topological polar surface area (TPSA) is 50.4 Å². The Kier molecular flexibility index (Phi) is 6.75. The van der Waals surface area contributed by atoms with Crippen molar-refractivity contribution in [2.45, 2.75) is 26.7 Å². The number of hydrogen-bond acceptors (Lipinski definition) is 3. The summed E-state index contributed by atoms with van der Waals surface area (Å²) in [5, 5.41) is 5.94. The number of unbranched alkanes of at least 4 members (excludes halogenated alkanes) is 1. The lowest BCUT2D eigenvalue weighted by Gasteiger charge is -2.11. The Bertz CT molecular complexity index is 699. The van der Waals surface area contributed by atoms with E-state index in [1.165, 1.54) is 0 Å². The molecule has 0 fully saturated rings. The van der Waals surface area contributed by atoms with Crippen LogP contribution in [0.25, 0.3) is 0 Å². The molecule has 0 spiro atoms. The molecule has 0 unspecified atom stereocenters. The summed E-state index contributed by atoms with van der Waals surface area (Å²) >= 11 is 5.19. The molecule has 0 saturated heterocycles. The Balaban J connectivity index is 1.86. The molecule has 0 saturated carbocycles. The van der Waals surface area contributed by atoms with Crippen molar-refractivity contribution in [1.29, 1.82) is 0 Å². The Hall–Kier alpha value is -2.40.